The SMILES string of the molecule is COC(=O)CC[C@@H](C)[C@H]1CC[C@H]2[C@@H]3[C@H](O)C[C@]4(O)C[C@H](O)CC[C@]4(C)[C@H]3C[C@H](O)[C@]12C. The molecule has 4 N–H and O–H groups in total. The number of ether oxygens (including phenoxy) is 1. The van der Waals surface area contributed by atoms with Crippen molar-refractivity contribution in [2.75, 3.05) is 7.11 Å². The highest BCUT2D eigenvalue weighted by Crippen LogP contribution is 2.69. The van der Waals surface area contributed by atoms with Crippen LogP contribution in [-0.4, -0.2) is 57.4 Å². The maximum absolute atomic E-state index is 11.7. The summed E-state index contributed by atoms with van der Waals surface area (Å²) in [7, 11) is 1.42. The highest BCUT2D eigenvalue weighted by atomic mass is 16.5. The van der Waals surface area contributed by atoms with Gasteiger partial charge in [0.15, 0.2) is 0 Å². The van der Waals surface area contributed by atoms with Gasteiger partial charge in [-0.3, -0.25) is 4.79 Å². The second-order valence-electron chi connectivity index (χ2n) is 11.8. The van der Waals surface area contributed by atoms with E-state index in [2.05, 4.69) is 20.8 Å². The van der Waals surface area contributed by atoms with Crippen LogP contribution in [0.1, 0.15) is 78.6 Å². The summed E-state index contributed by atoms with van der Waals surface area (Å²) in [4.78, 5) is 11.7. The van der Waals surface area contributed by atoms with E-state index >= 15 is 0 Å². The van der Waals surface area contributed by atoms with Gasteiger partial charge in [0.1, 0.15) is 0 Å². The van der Waals surface area contributed by atoms with E-state index in [4.69, 9.17) is 4.74 Å². The molecule has 0 aliphatic heterocycles. The van der Waals surface area contributed by atoms with Crippen LogP contribution in [0.15, 0.2) is 0 Å². The highest BCUT2D eigenvalue weighted by molar-refractivity contribution is 5.69. The van der Waals surface area contributed by atoms with Crippen molar-refractivity contribution in [1.29, 1.82) is 0 Å². The maximum Gasteiger partial charge on any atom is 0.305 e. The van der Waals surface area contributed by atoms with Gasteiger partial charge >= 0.3 is 5.97 Å². The number of hydrogen-bond acceptors (Lipinski definition) is 6. The quantitative estimate of drug-likeness (QED) is 0.503. The molecule has 4 aliphatic rings. The molecule has 0 aromatic rings. The Bertz CT molecular complexity index is 697. The van der Waals surface area contributed by atoms with Crippen molar-refractivity contribution in [1.82, 2.24) is 0 Å². The van der Waals surface area contributed by atoms with Crippen molar-refractivity contribution in [2.45, 2.75) is 102 Å². The van der Waals surface area contributed by atoms with Crippen molar-refractivity contribution in [3.8, 4) is 0 Å². The van der Waals surface area contributed by atoms with E-state index in [-0.39, 0.29) is 29.1 Å². The van der Waals surface area contributed by atoms with Gasteiger partial charge in [-0.2, -0.15) is 0 Å². The van der Waals surface area contributed by atoms with Crippen LogP contribution in [-0.2, 0) is 9.53 Å². The van der Waals surface area contributed by atoms with Crippen molar-refractivity contribution in [3.63, 3.8) is 0 Å². The average Bonchev–Trinajstić information content (AvgIpc) is 3.06. The Hall–Kier alpha value is -0.690. The largest absolute Gasteiger partial charge is 0.469 e. The monoisotopic (exact) mass is 438 g/mol. The van der Waals surface area contributed by atoms with Gasteiger partial charge in [-0.05, 0) is 78.9 Å². The third-order valence-corrected chi connectivity index (χ3v) is 10.7. The Morgan fingerprint density at radius 1 is 1.10 bits per heavy atom. The molecule has 4 rings (SSSR count). The lowest BCUT2D eigenvalue weighted by atomic mass is 9.41. The van der Waals surface area contributed by atoms with Gasteiger partial charge in [0, 0.05) is 19.3 Å². The molecule has 6 heteroatoms. The molecular formula is C25H42O6. The van der Waals surface area contributed by atoms with Gasteiger partial charge in [-0.15, -0.1) is 0 Å². The van der Waals surface area contributed by atoms with Crippen LogP contribution in [0.3, 0.4) is 0 Å². The number of aliphatic hydroxyl groups excluding tert-OH is 3. The standard InChI is InChI=1S/C25H42O6/c1-14(5-8-21(29)31-4)16-6-7-17-22-18(11-20(28)24(16,17)3)23(2)10-9-15(26)12-25(23,30)13-19(22)27/h14-20,22,26-28,30H,5-13H2,1-4H3/t14-,15-,16-,17+,18+,19-,20+,22+,23-,24-,25-/m1/s1. The molecule has 4 saturated carbocycles. The maximum atomic E-state index is 11.7. The van der Waals surface area contributed by atoms with E-state index in [1.807, 2.05) is 0 Å². The van der Waals surface area contributed by atoms with E-state index in [0.717, 1.165) is 25.7 Å². The third kappa shape index (κ3) is 3.39. The first-order chi connectivity index (χ1) is 14.5. The fourth-order valence-corrected chi connectivity index (χ4v) is 8.81. The topological polar surface area (TPSA) is 107 Å². The minimum Gasteiger partial charge on any atom is -0.469 e. The van der Waals surface area contributed by atoms with E-state index in [0.29, 0.717) is 43.9 Å². The predicted octanol–water partition coefficient (Wildman–Crippen LogP) is 2.65. The summed E-state index contributed by atoms with van der Waals surface area (Å²) < 4.78 is 4.82. The van der Waals surface area contributed by atoms with Gasteiger partial charge in [0.25, 0.3) is 0 Å². The molecule has 0 radical (unpaired) electrons. The molecule has 0 bridgehead atoms. The third-order valence-electron chi connectivity index (χ3n) is 10.7. The van der Waals surface area contributed by atoms with Crippen LogP contribution in [0, 0.1) is 40.4 Å². The van der Waals surface area contributed by atoms with Crippen molar-refractivity contribution in [3.05, 3.63) is 0 Å². The molecule has 4 fully saturated rings. The Labute approximate surface area is 186 Å². The van der Waals surface area contributed by atoms with Gasteiger partial charge < -0.3 is 25.2 Å². The zero-order valence-corrected chi connectivity index (χ0v) is 19.6. The summed E-state index contributed by atoms with van der Waals surface area (Å²) in [5, 5.41) is 44.6. The van der Waals surface area contributed by atoms with Gasteiger partial charge in [-0.25, -0.2) is 0 Å². The number of esters is 1. The van der Waals surface area contributed by atoms with Crippen LogP contribution < -0.4 is 0 Å². The van der Waals surface area contributed by atoms with Crippen molar-refractivity contribution in [2.24, 2.45) is 40.4 Å². The molecule has 6 nitrogen and oxygen atoms in total. The molecule has 0 aromatic carbocycles. The van der Waals surface area contributed by atoms with Gasteiger partial charge in [0.2, 0.25) is 0 Å². The number of fused-ring (bicyclic) bond motifs is 5. The summed E-state index contributed by atoms with van der Waals surface area (Å²) in [6.45, 7) is 6.51. The van der Waals surface area contributed by atoms with Crippen LogP contribution in [0.5, 0.6) is 0 Å². The van der Waals surface area contributed by atoms with E-state index in [1.165, 1.54) is 7.11 Å². The fraction of sp³-hybridized carbons (Fsp3) is 0.960. The van der Waals surface area contributed by atoms with Crippen LogP contribution in [0.25, 0.3) is 0 Å². The Morgan fingerprint density at radius 3 is 2.48 bits per heavy atom. The summed E-state index contributed by atoms with van der Waals surface area (Å²) in [5.74, 6) is 0.711. The molecule has 0 heterocycles. The van der Waals surface area contributed by atoms with Gasteiger partial charge in [0.05, 0.1) is 31.0 Å². The summed E-state index contributed by atoms with van der Waals surface area (Å²) >= 11 is 0. The number of rotatable bonds is 4. The highest BCUT2D eigenvalue weighted by Gasteiger charge is 2.69. The molecule has 178 valence electrons. The number of hydrogen-bond donors (Lipinski definition) is 4. The second-order valence-corrected chi connectivity index (χ2v) is 11.8. The van der Waals surface area contributed by atoms with Crippen LogP contribution in [0.4, 0.5) is 0 Å². The molecular weight excluding hydrogens is 396 g/mol. The average molecular weight is 439 g/mol. The Morgan fingerprint density at radius 2 is 1.81 bits per heavy atom. The molecule has 31 heavy (non-hydrogen) atoms. The first-order valence-corrected chi connectivity index (χ1v) is 12.3. The molecule has 0 amide bonds. The van der Waals surface area contributed by atoms with Crippen molar-refractivity contribution >= 4 is 5.97 Å². The van der Waals surface area contributed by atoms with E-state index in [1.54, 1.807) is 0 Å². The lowest BCUT2D eigenvalue weighted by Crippen LogP contribution is -2.68. The second kappa shape index (κ2) is 7.96. The van der Waals surface area contributed by atoms with Crippen LogP contribution >= 0.6 is 0 Å². The minimum atomic E-state index is -1.08. The first-order valence-electron chi connectivity index (χ1n) is 12.3. The van der Waals surface area contributed by atoms with Crippen LogP contribution in [0.2, 0.25) is 0 Å². The zero-order chi connectivity index (χ0) is 22.8. The normalized spacial score (nSPS) is 52.6. The molecule has 0 saturated heterocycles. The van der Waals surface area contributed by atoms with E-state index < -0.39 is 29.3 Å². The summed E-state index contributed by atoms with van der Waals surface area (Å²) in [5.41, 5.74) is -1.77. The van der Waals surface area contributed by atoms with Gasteiger partial charge in [-0.1, -0.05) is 20.8 Å². The zero-order valence-electron chi connectivity index (χ0n) is 19.6. The molecule has 11 atom stereocenters. The summed E-state index contributed by atoms with van der Waals surface area (Å²) in [6.07, 6.45) is 4.09. The molecule has 4 aliphatic carbocycles. The lowest BCUT2D eigenvalue weighted by molar-refractivity contribution is -0.263. The van der Waals surface area contributed by atoms with Crippen molar-refractivity contribution < 1.29 is 30.0 Å². The lowest BCUT2D eigenvalue weighted by Gasteiger charge is -2.66. The number of aliphatic hydroxyl groups is 4. The molecule has 0 spiro atoms. The number of methoxy groups -OCH3 is 1. The predicted molar refractivity (Wildman–Crippen MR) is 116 cm³/mol. The number of carbonyl (C=O) groups excluding carboxylic acids is 1. The first kappa shape index (κ1) is 23.5. The smallest absolute Gasteiger partial charge is 0.305 e. The van der Waals surface area contributed by atoms with E-state index in [9.17, 15) is 25.2 Å². The summed E-state index contributed by atoms with van der Waals surface area (Å²) in [6, 6.07) is 0. The molecule has 0 aromatic heterocycles. The molecule has 0 unspecified atom stereocenters. The Balaban J connectivity index is 1.61. The number of carbonyl (C=O) groups is 1. The Kier molecular flexibility index (Phi) is 6.03. The fourth-order valence-electron chi connectivity index (χ4n) is 8.81. The minimum absolute atomic E-state index is 0.0472.